The first kappa shape index (κ1) is 38.4. The molecule has 6 fully saturated rings. The minimum atomic E-state index is -4.92. The van der Waals surface area contributed by atoms with Gasteiger partial charge in [0.15, 0.2) is 16.6 Å². The minimum absolute atomic E-state index is 0.0416. The van der Waals surface area contributed by atoms with Crippen LogP contribution in [0, 0.1) is 11.8 Å². The summed E-state index contributed by atoms with van der Waals surface area (Å²) < 4.78 is 49.5. The van der Waals surface area contributed by atoms with E-state index in [4.69, 9.17) is 17.4 Å². The number of rotatable bonds is 12. The zero-order chi connectivity index (χ0) is 37.6. The van der Waals surface area contributed by atoms with Crippen LogP contribution in [0.15, 0.2) is 0 Å². The number of nitrogens with zero attached hydrogens (tertiary/aromatic N) is 6. The summed E-state index contributed by atoms with van der Waals surface area (Å²) in [5.74, 6) is -0.741. The number of hydrogen-bond acceptors (Lipinski definition) is 10. The predicted molar refractivity (Wildman–Crippen MR) is 190 cm³/mol. The molecule has 0 aromatic heterocycles. The Hall–Kier alpha value is -2.30. The van der Waals surface area contributed by atoms with Crippen LogP contribution >= 0.6 is 0 Å². The van der Waals surface area contributed by atoms with Crippen molar-refractivity contribution < 1.29 is 45.0 Å². The first-order valence-electron chi connectivity index (χ1n) is 18.1. The molecular weight excluding hydrogens is 717 g/mol. The summed E-state index contributed by atoms with van der Waals surface area (Å²) in [6.45, 7) is 24.4. The van der Waals surface area contributed by atoms with E-state index in [1.54, 1.807) is 9.80 Å². The number of amides is 6. The molecular formula is C32H56N6O10SSi2. The Morgan fingerprint density at radius 3 is 1.31 bits per heavy atom. The van der Waals surface area contributed by atoms with E-state index in [-0.39, 0.29) is 46.8 Å². The average Bonchev–Trinajstić information content (AvgIpc) is 3.65. The van der Waals surface area contributed by atoms with Gasteiger partial charge in [-0.15, -0.1) is 8.57 Å². The molecule has 6 aliphatic heterocycles. The van der Waals surface area contributed by atoms with Crippen molar-refractivity contribution >= 4 is 50.9 Å². The zero-order valence-corrected chi connectivity index (χ0v) is 34.5. The molecule has 0 saturated carbocycles. The van der Waals surface area contributed by atoms with Gasteiger partial charge in [-0.1, -0.05) is 41.5 Å². The third kappa shape index (κ3) is 6.95. The van der Waals surface area contributed by atoms with E-state index in [1.807, 2.05) is 0 Å². The number of carbonyl (C=O) groups excluding carboxylic acids is 4. The van der Waals surface area contributed by atoms with Crippen LogP contribution in [-0.2, 0) is 37.4 Å². The number of hydroxylamine groups is 4. The van der Waals surface area contributed by atoms with Crippen LogP contribution in [0.1, 0.15) is 54.4 Å². The molecule has 288 valence electrons. The molecule has 6 rings (SSSR count). The maximum absolute atomic E-state index is 13.5. The second-order valence-corrected chi connectivity index (χ2v) is 28.8. The van der Waals surface area contributed by atoms with Gasteiger partial charge in [-0.3, -0.25) is 9.59 Å². The van der Waals surface area contributed by atoms with Crippen LogP contribution in [0.25, 0.3) is 0 Å². The van der Waals surface area contributed by atoms with Gasteiger partial charge in [0.1, 0.15) is 12.1 Å². The molecule has 0 aromatic carbocycles. The molecule has 0 radical (unpaired) electrons. The molecule has 6 aliphatic rings. The Kier molecular flexibility index (Phi) is 9.74. The maximum Gasteiger partial charge on any atom is 0.442 e. The van der Waals surface area contributed by atoms with Gasteiger partial charge in [0, 0.05) is 51.1 Å². The summed E-state index contributed by atoms with van der Waals surface area (Å²) in [7, 11) is -8.90. The van der Waals surface area contributed by atoms with Crippen LogP contribution < -0.4 is 0 Å². The third-order valence-electron chi connectivity index (χ3n) is 12.7. The summed E-state index contributed by atoms with van der Waals surface area (Å²) in [5, 5.41) is 1.61. The molecule has 6 atom stereocenters. The molecule has 0 aromatic rings. The molecule has 51 heavy (non-hydrogen) atoms. The van der Waals surface area contributed by atoms with E-state index in [1.165, 1.54) is 9.80 Å². The highest BCUT2D eigenvalue weighted by atomic mass is 32.3. The van der Waals surface area contributed by atoms with Crippen LogP contribution in [0.5, 0.6) is 0 Å². The molecule has 6 heterocycles. The quantitative estimate of drug-likeness (QED) is 0.270. The molecule has 0 aliphatic carbocycles. The van der Waals surface area contributed by atoms with Crippen molar-refractivity contribution in [1.29, 1.82) is 0 Å². The Balaban J connectivity index is 1.02. The van der Waals surface area contributed by atoms with Gasteiger partial charge in [0.25, 0.3) is 0 Å². The predicted octanol–water partition coefficient (Wildman–Crippen LogP) is 2.81. The van der Waals surface area contributed by atoms with E-state index in [0.29, 0.717) is 52.2 Å². The van der Waals surface area contributed by atoms with Crippen molar-refractivity contribution in [1.82, 2.24) is 29.7 Å². The Morgan fingerprint density at radius 2 is 0.980 bits per heavy atom. The van der Waals surface area contributed by atoms with Gasteiger partial charge in [-0.25, -0.2) is 9.59 Å². The lowest BCUT2D eigenvalue weighted by Gasteiger charge is -2.36. The lowest BCUT2D eigenvalue weighted by molar-refractivity contribution is -0.132. The topological polar surface area (TPSA) is 159 Å². The monoisotopic (exact) mass is 772 g/mol. The van der Waals surface area contributed by atoms with Gasteiger partial charge in [-0.2, -0.15) is 18.5 Å². The van der Waals surface area contributed by atoms with E-state index in [9.17, 15) is 27.6 Å². The van der Waals surface area contributed by atoms with E-state index in [2.05, 4.69) is 67.7 Å². The molecule has 16 nitrogen and oxygen atoms in total. The van der Waals surface area contributed by atoms with Crippen molar-refractivity contribution in [3.63, 3.8) is 0 Å². The van der Waals surface area contributed by atoms with E-state index in [0.717, 1.165) is 10.1 Å². The van der Waals surface area contributed by atoms with Gasteiger partial charge >= 0.3 is 22.5 Å². The van der Waals surface area contributed by atoms with Crippen molar-refractivity contribution in [3.8, 4) is 0 Å². The van der Waals surface area contributed by atoms with Crippen LogP contribution in [-0.4, -0.2) is 155 Å². The normalized spacial score (nSPS) is 30.0. The molecule has 0 unspecified atom stereocenters. The van der Waals surface area contributed by atoms with Gasteiger partial charge in [0.2, 0.25) is 11.8 Å². The summed E-state index contributed by atoms with van der Waals surface area (Å²) in [6.07, 6.45) is 0.741. The fourth-order valence-corrected chi connectivity index (χ4v) is 10.6. The molecule has 4 bridgehead atoms. The number of piperidine rings is 2. The number of urea groups is 2. The lowest BCUT2D eigenvalue weighted by atomic mass is 9.91. The second-order valence-electron chi connectivity index (χ2n) is 18.1. The Bertz CT molecular complexity index is 1440. The third-order valence-corrected chi connectivity index (χ3v) is 22.5. The number of likely N-dealkylation sites (tertiary alicyclic amines) is 2. The number of carbonyl (C=O) groups is 4. The van der Waals surface area contributed by atoms with Crippen molar-refractivity contribution in [2.24, 2.45) is 11.8 Å². The maximum atomic E-state index is 13.5. The molecule has 19 heteroatoms. The van der Waals surface area contributed by atoms with Gasteiger partial charge in [-0.05, 0) is 49.1 Å². The highest BCUT2D eigenvalue weighted by Crippen LogP contribution is 2.42. The Morgan fingerprint density at radius 1 is 0.627 bits per heavy atom. The van der Waals surface area contributed by atoms with Gasteiger partial charge in [0.05, 0.1) is 25.3 Å². The number of hydrogen-bond donors (Lipinski definition) is 0. The largest absolute Gasteiger partial charge is 0.442 e. The fourth-order valence-electron chi connectivity index (χ4n) is 7.79. The van der Waals surface area contributed by atoms with Crippen LogP contribution in [0.3, 0.4) is 0 Å². The summed E-state index contributed by atoms with van der Waals surface area (Å²) in [6, 6.07) is -4.12. The average molecular weight is 773 g/mol. The van der Waals surface area contributed by atoms with E-state index < -0.39 is 63.3 Å². The fraction of sp³-hybridized carbons (Fsp3) is 0.875. The van der Waals surface area contributed by atoms with Crippen molar-refractivity contribution in [2.45, 2.75) is 115 Å². The highest BCUT2D eigenvalue weighted by Gasteiger charge is 2.60. The summed E-state index contributed by atoms with van der Waals surface area (Å²) >= 11 is 0. The first-order chi connectivity index (χ1) is 23.4. The van der Waals surface area contributed by atoms with E-state index >= 15 is 0 Å². The second kappa shape index (κ2) is 12.9. The summed E-state index contributed by atoms with van der Waals surface area (Å²) in [5.41, 5.74) is 0. The van der Waals surface area contributed by atoms with Crippen LogP contribution in [0.4, 0.5) is 9.59 Å². The minimum Gasteiger partial charge on any atom is -0.415 e. The first-order valence-corrected chi connectivity index (χ1v) is 25.3. The highest BCUT2D eigenvalue weighted by molar-refractivity contribution is 7.81. The van der Waals surface area contributed by atoms with Crippen LogP contribution in [0.2, 0.25) is 36.3 Å². The smallest absolute Gasteiger partial charge is 0.415 e. The van der Waals surface area contributed by atoms with Crippen molar-refractivity contribution in [2.75, 3.05) is 52.5 Å². The van der Waals surface area contributed by atoms with Crippen molar-refractivity contribution in [3.05, 3.63) is 0 Å². The molecule has 6 amide bonds. The zero-order valence-electron chi connectivity index (χ0n) is 31.7. The molecule has 0 N–H and O–H groups in total. The standard InChI is InChI=1S/C32H56N6O10SSi2/c1-31(2,3)50(7,8)45-13-11-33-17-21-15-23-19-35(25(21)27(33)39)29(41)37(23)47-49(43,44)48-38-24-16-22-18-34(12-14-46-51(9,10)32(4,5)6)28(40)26(22)36(20-24)30(38)42/h21-26H,11-20H2,1-10H3/t21-,22-,23+,24+,25-,26-/m0/s1. The summed E-state index contributed by atoms with van der Waals surface area (Å²) in [4.78, 5) is 60.0. The lowest BCUT2D eigenvalue weighted by Crippen LogP contribution is -2.48. The van der Waals surface area contributed by atoms with Gasteiger partial charge < -0.3 is 28.5 Å². The SMILES string of the molecule is CC(C)(C)[Si](C)(C)OCCN1C[C@@H]2C[C@@H]3CN(C(=O)N3OS(=O)(=O)ON3C(=O)N4C[C@H]3C[C@H]3CN(CCO[Si](C)(C)C(C)(C)C)C(=O)[C@H]34)[C@@H]2C1=O. The number of fused-ring (bicyclic) bond motifs is 8. The molecule has 0 spiro atoms. The Labute approximate surface area is 304 Å². The molecule has 6 saturated heterocycles.